The fraction of sp³-hybridized carbons (Fsp3) is 0.500. The highest BCUT2D eigenvalue weighted by atomic mass is 16.5. The lowest BCUT2D eigenvalue weighted by atomic mass is 9.81. The average Bonchev–Trinajstić information content (AvgIpc) is 2.77. The number of hydrogen-bond acceptors (Lipinski definition) is 4. The molecular weight excluding hydrogens is 294 g/mol. The van der Waals surface area contributed by atoms with Gasteiger partial charge in [-0.25, -0.2) is 4.79 Å². The van der Waals surface area contributed by atoms with Crippen molar-refractivity contribution >= 4 is 17.8 Å². The van der Waals surface area contributed by atoms with E-state index in [1.165, 1.54) is 0 Å². The highest BCUT2D eigenvalue weighted by molar-refractivity contribution is 6.07. The van der Waals surface area contributed by atoms with E-state index in [0.29, 0.717) is 5.75 Å². The van der Waals surface area contributed by atoms with E-state index in [2.05, 4.69) is 0 Å². The largest absolute Gasteiger partial charge is 0.425 e. The quantitative estimate of drug-likeness (QED) is 0.488. The number of amides is 2. The van der Waals surface area contributed by atoms with Crippen LogP contribution >= 0.6 is 0 Å². The van der Waals surface area contributed by atoms with Crippen LogP contribution in [0.4, 0.5) is 0 Å². The van der Waals surface area contributed by atoms with Crippen molar-refractivity contribution in [3.05, 3.63) is 29.3 Å². The number of benzene rings is 1. The van der Waals surface area contributed by atoms with E-state index in [1.807, 2.05) is 32.0 Å². The maximum absolute atomic E-state index is 12.4. The van der Waals surface area contributed by atoms with Gasteiger partial charge in [-0.1, -0.05) is 31.0 Å². The van der Waals surface area contributed by atoms with Gasteiger partial charge >= 0.3 is 5.97 Å². The summed E-state index contributed by atoms with van der Waals surface area (Å²) in [4.78, 5) is 38.0. The zero-order valence-electron chi connectivity index (χ0n) is 13.5. The Labute approximate surface area is 135 Å². The number of carbonyl (C=O) groups is 3. The van der Waals surface area contributed by atoms with Crippen molar-refractivity contribution in [2.24, 2.45) is 11.8 Å². The van der Waals surface area contributed by atoms with Crippen LogP contribution in [0.15, 0.2) is 18.2 Å². The van der Waals surface area contributed by atoms with Crippen molar-refractivity contribution in [1.82, 2.24) is 4.90 Å². The number of ether oxygens (including phenoxy) is 1. The molecule has 2 fully saturated rings. The molecule has 122 valence electrons. The zero-order valence-corrected chi connectivity index (χ0v) is 13.5. The molecule has 0 N–H and O–H groups in total. The van der Waals surface area contributed by atoms with Gasteiger partial charge in [0, 0.05) is 0 Å². The molecule has 1 aliphatic carbocycles. The fourth-order valence-electron chi connectivity index (χ4n) is 3.62. The summed E-state index contributed by atoms with van der Waals surface area (Å²) in [6.07, 6.45) is 3.44. The minimum atomic E-state index is -0.567. The molecule has 0 unspecified atom stereocenters. The molecule has 1 aliphatic heterocycles. The molecule has 2 amide bonds. The van der Waals surface area contributed by atoms with E-state index in [4.69, 9.17) is 4.74 Å². The summed E-state index contributed by atoms with van der Waals surface area (Å²) >= 11 is 0. The molecule has 5 heteroatoms. The summed E-state index contributed by atoms with van der Waals surface area (Å²) in [7, 11) is 0. The second-order valence-corrected chi connectivity index (χ2v) is 6.46. The van der Waals surface area contributed by atoms with Crippen LogP contribution in [0.5, 0.6) is 5.75 Å². The summed E-state index contributed by atoms with van der Waals surface area (Å²) in [6.45, 7) is 3.42. The van der Waals surface area contributed by atoms with Gasteiger partial charge in [0.2, 0.25) is 11.8 Å². The Balaban J connectivity index is 1.70. The third-order valence-electron chi connectivity index (χ3n) is 4.84. The predicted octanol–water partition coefficient (Wildman–Crippen LogP) is 2.38. The van der Waals surface area contributed by atoms with Gasteiger partial charge in [0.25, 0.3) is 0 Å². The third kappa shape index (κ3) is 2.87. The number of nitrogens with zero attached hydrogens (tertiary/aromatic N) is 1. The van der Waals surface area contributed by atoms with Gasteiger partial charge in [-0.05, 0) is 37.8 Å². The van der Waals surface area contributed by atoms with Crippen LogP contribution < -0.4 is 4.74 Å². The first-order valence-corrected chi connectivity index (χ1v) is 8.11. The number of hydrogen-bond donors (Lipinski definition) is 0. The van der Waals surface area contributed by atoms with Gasteiger partial charge < -0.3 is 4.74 Å². The number of aryl methyl sites for hydroxylation is 2. The zero-order chi connectivity index (χ0) is 16.6. The second-order valence-electron chi connectivity index (χ2n) is 6.46. The van der Waals surface area contributed by atoms with Crippen LogP contribution in [-0.4, -0.2) is 29.2 Å². The summed E-state index contributed by atoms with van der Waals surface area (Å²) in [5.74, 6) is -0.943. The number of imide groups is 1. The van der Waals surface area contributed by atoms with Crippen LogP contribution in [0.1, 0.15) is 36.8 Å². The molecule has 3 rings (SSSR count). The van der Waals surface area contributed by atoms with Crippen LogP contribution in [0, 0.1) is 25.7 Å². The smallest absolute Gasteiger partial charge is 0.331 e. The van der Waals surface area contributed by atoms with Crippen molar-refractivity contribution in [3.8, 4) is 5.75 Å². The van der Waals surface area contributed by atoms with Crippen molar-refractivity contribution in [2.45, 2.75) is 39.5 Å². The minimum Gasteiger partial charge on any atom is -0.425 e. The Morgan fingerprint density at radius 1 is 1.09 bits per heavy atom. The Bertz CT molecular complexity index is 623. The van der Waals surface area contributed by atoms with Gasteiger partial charge in [-0.2, -0.15) is 0 Å². The summed E-state index contributed by atoms with van der Waals surface area (Å²) < 4.78 is 5.40. The Morgan fingerprint density at radius 3 is 2.13 bits per heavy atom. The molecule has 1 saturated carbocycles. The average molecular weight is 315 g/mol. The summed E-state index contributed by atoms with van der Waals surface area (Å²) in [5.41, 5.74) is 1.71. The van der Waals surface area contributed by atoms with E-state index < -0.39 is 5.97 Å². The van der Waals surface area contributed by atoms with Gasteiger partial charge in [0.15, 0.2) is 0 Å². The maximum atomic E-state index is 12.4. The van der Waals surface area contributed by atoms with Gasteiger partial charge in [0.1, 0.15) is 12.3 Å². The SMILES string of the molecule is Cc1cccc(C)c1OC(=O)CN1C(=O)[C@@H]2CCCC[C@H]2C1=O. The van der Waals surface area contributed by atoms with Crippen LogP contribution in [0.3, 0.4) is 0 Å². The fourth-order valence-corrected chi connectivity index (χ4v) is 3.62. The normalized spacial score (nSPS) is 23.8. The molecule has 1 aromatic rings. The maximum Gasteiger partial charge on any atom is 0.331 e. The number of esters is 1. The molecule has 2 aliphatic rings. The van der Waals surface area contributed by atoms with Crippen molar-refractivity contribution < 1.29 is 19.1 Å². The van der Waals surface area contributed by atoms with Crippen molar-refractivity contribution in [1.29, 1.82) is 0 Å². The molecule has 1 heterocycles. The van der Waals surface area contributed by atoms with Crippen LogP contribution in [0.25, 0.3) is 0 Å². The number of fused-ring (bicyclic) bond motifs is 1. The first kappa shape index (κ1) is 15.7. The van der Waals surface area contributed by atoms with Gasteiger partial charge in [-0.3, -0.25) is 14.5 Å². The highest BCUT2D eigenvalue weighted by Gasteiger charge is 2.48. The standard InChI is InChI=1S/C18H21NO4/c1-11-6-5-7-12(2)16(11)23-15(20)10-19-17(21)13-8-3-4-9-14(13)18(19)22/h5-7,13-14H,3-4,8-10H2,1-2H3/t13-,14-/m1/s1. The first-order valence-electron chi connectivity index (χ1n) is 8.11. The monoisotopic (exact) mass is 315 g/mol. The number of para-hydroxylation sites is 1. The molecule has 5 nitrogen and oxygen atoms in total. The molecule has 0 bridgehead atoms. The molecular formula is C18H21NO4. The first-order chi connectivity index (χ1) is 11.0. The molecule has 1 aromatic carbocycles. The van der Waals surface area contributed by atoms with Gasteiger partial charge in [-0.15, -0.1) is 0 Å². The minimum absolute atomic E-state index is 0.210. The molecule has 1 saturated heterocycles. The Hall–Kier alpha value is -2.17. The lowest BCUT2D eigenvalue weighted by Gasteiger charge is -2.19. The second kappa shape index (κ2) is 6.14. The summed E-state index contributed by atoms with van der Waals surface area (Å²) in [6, 6.07) is 5.60. The predicted molar refractivity (Wildman–Crippen MR) is 83.7 cm³/mol. The molecule has 0 aromatic heterocycles. The van der Waals surface area contributed by atoms with Crippen molar-refractivity contribution in [3.63, 3.8) is 0 Å². The Kier molecular flexibility index (Phi) is 4.20. The molecule has 0 spiro atoms. The lowest BCUT2D eigenvalue weighted by Crippen LogP contribution is -2.37. The molecule has 2 atom stereocenters. The van der Waals surface area contributed by atoms with E-state index >= 15 is 0 Å². The lowest BCUT2D eigenvalue weighted by molar-refractivity contribution is -0.148. The number of rotatable bonds is 3. The molecule has 23 heavy (non-hydrogen) atoms. The van der Waals surface area contributed by atoms with E-state index in [0.717, 1.165) is 41.7 Å². The highest BCUT2D eigenvalue weighted by Crippen LogP contribution is 2.37. The number of likely N-dealkylation sites (tertiary alicyclic amines) is 1. The van der Waals surface area contributed by atoms with E-state index in [-0.39, 0.29) is 30.2 Å². The Morgan fingerprint density at radius 2 is 1.61 bits per heavy atom. The number of carbonyl (C=O) groups excluding carboxylic acids is 3. The summed E-state index contributed by atoms with van der Waals surface area (Å²) in [5, 5.41) is 0. The van der Waals surface area contributed by atoms with Gasteiger partial charge in [0.05, 0.1) is 11.8 Å². The van der Waals surface area contributed by atoms with Crippen molar-refractivity contribution in [2.75, 3.05) is 6.54 Å². The van der Waals surface area contributed by atoms with E-state index in [1.54, 1.807) is 0 Å². The topological polar surface area (TPSA) is 63.7 Å². The third-order valence-corrected chi connectivity index (χ3v) is 4.84. The van der Waals surface area contributed by atoms with Crippen LogP contribution in [-0.2, 0) is 14.4 Å². The molecule has 0 radical (unpaired) electrons. The van der Waals surface area contributed by atoms with Crippen LogP contribution in [0.2, 0.25) is 0 Å². The van der Waals surface area contributed by atoms with E-state index in [9.17, 15) is 14.4 Å².